The number of carbonyl (C=O) groups is 1. The number of anilines is 2. The van der Waals surface area contributed by atoms with E-state index in [9.17, 15) is 9.90 Å². The first-order valence-electron chi connectivity index (χ1n) is 8.42. The summed E-state index contributed by atoms with van der Waals surface area (Å²) in [6.07, 6.45) is 0.492. The van der Waals surface area contributed by atoms with E-state index in [1.165, 1.54) is 0 Å². The Morgan fingerprint density at radius 3 is 2.48 bits per heavy atom. The lowest BCUT2D eigenvalue weighted by molar-refractivity contribution is -0.116. The normalized spacial score (nSPS) is 15.2. The summed E-state index contributed by atoms with van der Waals surface area (Å²) in [5, 5.41) is 12.3. The zero-order valence-corrected chi connectivity index (χ0v) is 15.6. The summed E-state index contributed by atoms with van der Waals surface area (Å²) >= 11 is 3.40. The first kappa shape index (κ1) is 17.8. The smallest absolute Gasteiger partial charge is 0.225 e. The highest BCUT2D eigenvalue weighted by atomic mass is 79.9. The summed E-state index contributed by atoms with van der Waals surface area (Å²) in [5.74, 6) is 0.331. The third-order valence-electron chi connectivity index (χ3n) is 4.35. The Morgan fingerprint density at radius 2 is 1.80 bits per heavy atom. The molecule has 132 valence electrons. The number of halogens is 1. The number of phenolic OH excluding ortho intramolecular Hbond substituents is 1. The molecule has 0 bridgehead atoms. The van der Waals surface area contributed by atoms with Crippen LogP contribution in [-0.2, 0) is 4.79 Å². The van der Waals surface area contributed by atoms with Crippen molar-refractivity contribution in [1.29, 1.82) is 0 Å². The molecule has 1 fully saturated rings. The molecular formula is C19H22BrN3O2. The predicted molar refractivity (Wildman–Crippen MR) is 104 cm³/mol. The molecule has 0 unspecified atom stereocenters. The number of aromatic hydroxyl groups is 1. The second-order valence-electron chi connectivity index (χ2n) is 6.15. The zero-order valence-electron chi connectivity index (χ0n) is 14.0. The molecular weight excluding hydrogens is 382 g/mol. The molecule has 2 N–H and O–H groups in total. The highest BCUT2D eigenvalue weighted by Gasteiger charge is 2.17. The van der Waals surface area contributed by atoms with Gasteiger partial charge in [0.2, 0.25) is 5.91 Å². The third kappa shape index (κ3) is 5.21. The van der Waals surface area contributed by atoms with Gasteiger partial charge in [-0.3, -0.25) is 9.69 Å². The number of hydrogen-bond acceptors (Lipinski definition) is 4. The molecule has 0 aromatic heterocycles. The van der Waals surface area contributed by atoms with E-state index in [1.54, 1.807) is 12.1 Å². The molecule has 2 aromatic carbocycles. The van der Waals surface area contributed by atoms with Crippen molar-refractivity contribution < 1.29 is 9.90 Å². The van der Waals surface area contributed by atoms with Crippen LogP contribution in [0.1, 0.15) is 6.42 Å². The van der Waals surface area contributed by atoms with Crippen LogP contribution in [0.5, 0.6) is 5.75 Å². The van der Waals surface area contributed by atoms with Gasteiger partial charge in [0, 0.05) is 55.0 Å². The lowest BCUT2D eigenvalue weighted by Crippen LogP contribution is -2.47. The average molecular weight is 404 g/mol. The quantitative estimate of drug-likeness (QED) is 0.803. The van der Waals surface area contributed by atoms with Gasteiger partial charge in [-0.25, -0.2) is 0 Å². The van der Waals surface area contributed by atoms with Crippen LogP contribution >= 0.6 is 15.9 Å². The maximum absolute atomic E-state index is 12.1. The molecule has 0 radical (unpaired) electrons. The molecule has 3 rings (SSSR count). The van der Waals surface area contributed by atoms with E-state index in [-0.39, 0.29) is 5.91 Å². The van der Waals surface area contributed by atoms with E-state index in [4.69, 9.17) is 0 Å². The van der Waals surface area contributed by atoms with Crippen molar-refractivity contribution in [3.8, 4) is 5.75 Å². The Labute approximate surface area is 156 Å². The van der Waals surface area contributed by atoms with Crippen molar-refractivity contribution in [1.82, 2.24) is 4.90 Å². The monoisotopic (exact) mass is 403 g/mol. The summed E-state index contributed by atoms with van der Waals surface area (Å²) in [5.41, 5.74) is 1.95. The molecule has 6 heteroatoms. The molecule has 0 saturated carbocycles. The fourth-order valence-corrected chi connectivity index (χ4v) is 3.34. The van der Waals surface area contributed by atoms with Gasteiger partial charge in [0.15, 0.2) is 0 Å². The van der Waals surface area contributed by atoms with Crippen molar-refractivity contribution in [3.63, 3.8) is 0 Å². The van der Waals surface area contributed by atoms with E-state index in [0.29, 0.717) is 12.2 Å². The van der Waals surface area contributed by atoms with Gasteiger partial charge < -0.3 is 15.3 Å². The second-order valence-corrected chi connectivity index (χ2v) is 7.07. The Morgan fingerprint density at radius 1 is 1.08 bits per heavy atom. The lowest BCUT2D eigenvalue weighted by Gasteiger charge is -2.36. The van der Waals surface area contributed by atoms with E-state index in [1.807, 2.05) is 36.4 Å². The molecule has 25 heavy (non-hydrogen) atoms. The Hall–Kier alpha value is -2.05. The SMILES string of the molecule is O=C(CCN1CCN(c2ccc(O)cc2)CC1)Nc1cccc(Br)c1. The number of nitrogens with one attached hydrogen (secondary N) is 1. The molecule has 2 aromatic rings. The number of piperazine rings is 1. The molecule has 0 atom stereocenters. The maximum Gasteiger partial charge on any atom is 0.225 e. The lowest BCUT2D eigenvalue weighted by atomic mass is 10.2. The Balaban J connectivity index is 1.41. The van der Waals surface area contributed by atoms with Crippen molar-refractivity contribution >= 4 is 33.2 Å². The van der Waals surface area contributed by atoms with Crippen molar-refractivity contribution in [2.75, 3.05) is 42.9 Å². The summed E-state index contributed by atoms with van der Waals surface area (Å²) in [6, 6.07) is 14.9. The molecule has 1 aliphatic rings. The van der Waals surface area contributed by atoms with Crippen LogP contribution in [0.25, 0.3) is 0 Å². The van der Waals surface area contributed by atoms with Crippen LogP contribution in [0.2, 0.25) is 0 Å². The van der Waals surface area contributed by atoms with Gasteiger partial charge in [0.05, 0.1) is 0 Å². The van der Waals surface area contributed by atoms with Gasteiger partial charge in [0.1, 0.15) is 5.75 Å². The van der Waals surface area contributed by atoms with Crippen LogP contribution in [-0.4, -0.2) is 48.6 Å². The van der Waals surface area contributed by atoms with E-state index in [2.05, 4.69) is 31.0 Å². The minimum Gasteiger partial charge on any atom is -0.508 e. The summed E-state index contributed by atoms with van der Waals surface area (Å²) in [6.45, 7) is 4.50. The fraction of sp³-hybridized carbons (Fsp3) is 0.316. The second kappa shape index (κ2) is 8.36. The first-order valence-corrected chi connectivity index (χ1v) is 9.21. The summed E-state index contributed by atoms with van der Waals surface area (Å²) in [4.78, 5) is 16.7. The van der Waals surface area contributed by atoms with Gasteiger partial charge in [-0.05, 0) is 42.5 Å². The number of nitrogens with zero attached hydrogens (tertiary/aromatic N) is 2. The first-order chi connectivity index (χ1) is 12.1. The maximum atomic E-state index is 12.1. The highest BCUT2D eigenvalue weighted by Crippen LogP contribution is 2.20. The van der Waals surface area contributed by atoms with Gasteiger partial charge in [0.25, 0.3) is 0 Å². The van der Waals surface area contributed by atoms with Crippen LogP contribution in [0.4, 0.5) is 11.4 Å². The molecule has 1 saturated heterocycles. The minimum absolute atomic E-state index is 0.0408. The van der Waals surface area contributed by atoms with Gasteiger partial charge in [-0.15, -0.1) is 0 Å². The van der Waals surface area contributed by atoms with E-state index in [0.717, 1.165) is 48.6 Å². The number of rotatable bonds is 5. The van der Waals surface area contributed by atoms with E-state index >= 15 is 0 Å². The highest BCUT2D eigenvalue weighted by molar-refractivity contribution is 9.10. The molecule has 0 aliphatic carbocycles. The Kier molecular flexibility index (Phi) is 5.94. The average Bonchev–Trinajstić information content (AvgIpc) is 2.61. The van der Waals surface area contributed by atoms with E-state index < -0.39 is 0 Å². The number of benzene rings is 2. The van der Waals surface area contributed by atoms with Crippen molar-refractivity contribution in [2.24, 2.45) is 0 Å². The van der Waals surface area contributed by atoms with Crippen LogP contribution < -0.4 is 10.2 Å². The third-order valence-corrected chi connectivity index (χ3v) is 4.84. The largest absolute Gasteiger partial charge is 0.508 e. The summed E-state index contributed by atoms with van der Waals surface area (Å²) in [7, 11) is 0. The van der Waals surface area contributed by atoms with Gasteiger partial charge >= 0.3 is 0 Å². The molecule has 1 amide bonds. The van der Waals surface area contributed by atoms with Crippen LogP contribution in [0, 0.1) is 0 Å². The molecule has 1 aliphatic heterocycles. The fourth-order valence-electron chi connectivity index (χ4n) is 2.94. The van der Waals surface area contributed by atoms with Crippen LogP contribution in [0.3, 0.4) is 0 Å². The number of hydrogen-bond donors (Lipinski definition) is 2. The topological polar surface area (TPSA) is 55.8 Å². The zero-order chi connectivity index (χ0) is 17.6. The minimum atomic E-state index is 0.0408. The molecule has 1 heterocycles. The number of amides is 1. The molecule has 5 nitrogen and oxygen atoms in total. The number of phenols is 1. The van der Waals surface area contributed by atoms with Gasteiger partial charge in [-0.1, -0.05) is 22.0 Å². The number of carbonyl (C=O) groups excluding carboxylic acids is 1. The Bertz CT molecular complexity index is 713. The standard InChI is InChI=1S/C19H22BrN3O2/c20-15-2-1-3-16(14-15)21-19(25)8-9-22-10-12-23(13-11-22)17-4-6-18(24)7-5-17/h1-7,14,24H,8-13H2,(H,21,25). The van der Waals surface area contributed by atoms with Crippen molar-refractivity contribution in [3.05, 3.63) is 53.0 Å². The van der Waals surface area contributed by atoms with Gasteiger partial charge in [-0.2, -0.15) is 0 Å². The molecule has 0 spiro atoms. The predicted octanol–water partition coefficient (Wildman–Crippen LogP) is 3.31. The van der Waals surface area contributed by atoms with Crippen molar-refractivity contribution in [2.45, 2.75) is 6.42 Å². The summed E-state index contributed by atoms with van der Waals surface area (Å²) < 4.78 is 0.954. The van der Waals surface area contributed by atoms with Crippen LogP contribution in [0.15, 0.2) is 53.0 Å².